The minimum atomic E-state index is -0.361. The maximum Gasteiger partial charge on any atom is 0.226 e. The molecule has 4 rings (SSSR count). The molecule has 3 aromatic rings. The summed E-state index contributed by atoms with van der Waals surface area (Å²) < 4.78 is 13.9. The van der Waals surface area contributed by atoms with Crippen molar-refractivity contribution in [2.75, 3.05) is 5.75 Å². The van der Waals surface area contributed by atoms with E-state index in [0.29, 0.717) is 17.0 Å². The number of ether oxygens (including phenoxy) is 2. The van der Waals surface area contributed by atoms with E-state index in [1.807, 2.05) is 39.0 Å². The maximum absolute atomic E-state index is 6.58. The Bertz CT molecular complexity index is 1080. The predicted molar refractivity (Wildman–Crippen MR) is 131 cm³/mol. The van der Waals surface area contributed by atoms with E-state index in [-0.39, 0.29) is 11.7 Å². The van der Waals surface area contributed by atoms with Crippen molar-refractivity contribution in [1.29, 1.82) is 0 Å². The van der Waals surface area contributed by atoms with Crippen LogP contribution < -0.4 is 9.47 Å². The van der Waals surface area contributed by atoms with Gasteiger partial charge in [0.05, 0.1) is 9.86 Å². The van der Waals surface area contributed by atoms with Crippen LogP contribution in [0.2, 0.25) is 0 Å². The zero-order valence-corrected chi connectivity index (χ0v) is 21.1. The number of fused-ring (bicyclic) bond motifs is 1. The quantitative estimate of drug-likeness (QED) is 0.245. The Balaban J connectivity index is 1.90. The van der Waals surface area contributed by atoms with Crippen LogP contribution >= 0.6 is 27.7 Å². The highest BCUT2D eigenvalue weighted by atomic mass is 79.9. The Morgan fingerprint density at radius 3 is 2.48 bits per heavy atom. The zero-order valence-electron chi connectivity index (χ0n) is 18.7. The van der Waals surface area contributed by atoms with Crippen molar-refractivity contribution in [2.45, 2.75) is 70.2 Å². The van der Waals surface area contributed by atoms with Crippen LogP contribution in [0.3, 0.4) is 0 Å². The van der Waals surface area contributed by atoms with Crippen LogP contribution in [-0.2, 0) is 0 Å². The summed E-state index contributed by atoms with van der Waals surface area (Å²) in [5.74, 6) is 2.83. The molecule has 0 aliphatic heterocycles. The van der Waals surface area contributed by atoms with E-state index in [1.165, 1.54) is 18.4 Å². The highest BCUT2D eigenvalue weighted by Crippen LogP contribution is 2.50. The molecule has 164 valence electrons. The maximum atomic E-state index is 6.58. The van der Waals surface area contributed by atoms with Crippen molar-refractivity contribution >= 4 is 38.6 Å². The molecule has 1 saturated carbocycles. The lowest BCUT2D eigenvalue weighted by molar-refractivity contribution is 0.125. The molecule has 0 radical (unpaired) electrons. The van der Waals surface area contributed by atoms with Gasteiger partial charge in [-0.2, -0.15) is 4.98 Å². The van der Waals surface area contributed by atoms with Gasteiger partial charge in [0.25, 0.3) is 0 Å². The van der Waals surface area contributed by atoms with Gasteiger partial charge in [-0.15, -0.1) is 0 Å². The van der Waals surface area contributed by atoms with Crippen LogP contribution in [-0.4, -0.2) is 21.3 Å². The molecular weight excluding hydrogens is 472 g/mol. The van der Waals surface area contributed by atoms with Crippen molar-refractivity contribution < 1.29 is 9.47 Å². The summed E-state index contributed by atoms with van der Waals surface area (Å²) in [6.45, 7) is 10.3. The second kappa shape index (κ2) is 8.99. The first kappa shape index (κ1) is 22.4. The Kier molecular flexibility index (Phi) is 6.50. The van der Waals surface area contributed by atoms with E-state index in [2.05, 4.69) is 48.0 Å². The fraction of sp³-hybridized carbons (Fsp3) is 0.440. The summed E-state index contributed by atoms with van der Waals surface area (Å²) in [5, 5.41) is 1.62. The average molecular weight is 501 g/mol. The van der Waals surface area contributed by atoms with Crippen LogP contribution in [0.1, 0.15) is 70.6 Å². The molecule has 1 aliphatic rings. The molecule has 0 bridgehead atoms. The molecule has 0 N–H and O–H groups in total. The average Bonchev–Trinajstić information content (AvgIpc) is 3.55. The van der Waals surface area contributed by atoms with Crippen LogP contribution in [0.4, 0.5) is 0 Å². The summed E-state index contributed by atoms with van der Waals surface area (Å²) in [5.41, 5.74) is 2.81. The van der Waals surface area contributed by atoms with Crippen molar-refractivity contribution in [3.8, 4) is 11.6 Å². The number of rotatable bonds is 7. The lowest BCUT2D eigenvalue weighted by Crippen LogP contribution is -2.24. The first-order chi connectivity index (χ1) is 14.8. The molecule has 1 aliphatic carbocycles. The summed E-state index contributed by atoms with van der Waals surface area (Å²) in [4.78, 5) is 9.66. The van der Waals surface area contributed by atoms with Gasteiger partial charge in [0.2, 0.25) is 5.88 Å². The fourth-order valence-electron chi connectivity index (χ4n) is 3.52. The van der Waals surface area contributed by atoms with Gasteiger partial charge in [-0.3, -0.25) is 0 Å². The molecule has 31 heavy (non-hydrogen) atoms. The Labute approximate surface area is 197 Å². The van der Waals surface area contributed by atoms with Crippen LogP contribution in [0, 0.1) is 0 Å². The van der Waals surface area contributed by atoms with Gasteiger partial charge in [-0.05, 0) is 85.3 Å². The second-order valence-electron chi connectivity index (χ2n) is 8.91. The smallest absolute Gasteiger partial charge is 0.226 e. The second-order valence-corrected chi connectivity index (χ2v) is 10.9. The highest BCUT2D eigenvalue weighted by molar-refractivity contribution is 9.10. The van der Waals surface area contributed by atoms with E-state index in [4.69, 9.17) is 19.4 Å². The third-order valence-corrected chi connectivity index (χ3v) is 6.66. The first-order valence-corrected chi connectivity index (χ1v) is 12.6. The molecule has 6 heteroatoms. The summed E-state index contributed by atoms with van der Waals surface area (Å²) in [6, 6.07) is 12.5. The van der Waals surface area contributed by atoms with E-state index < -0.39 is 0 Å². The zero-order chi connectivity index (χ0) is 22.2. The Morgan fingerprint density at radius 2 is 1.87 bits per heavy atom. The molecule has 1 atom stereocenters. The minimum absolute atomic E-state index is 0.112. The summed E-state index contributed by atoms with van der Waals surface area (Å²) in [6.07, 6.45) is 2.27. The van der Waals surface area contributed by atoms with E-state index in [1.54, 1.807) is 11.8 Å². The van der Waals surface area contributed by atoms with Crippen molar-refractivity contribution in [3.63, 3.8) is 0 Å². The summed E-state index contributed by atoms with van der Waals surface area (Å²) in [7, 11) is 0. The number of nitrogens with zero attached hydrogens (tertiary/aromatic N) is 2. The van der Waals surface area contributed by atoms with Crippen LogP contribution in [0.15, 0.2) is 46.0 Å². The van der Waals surface area contributed by atoms with Gasteiger partial charge >= 0.3 is 0 Å². The monoisotopic (exact) mass is 500 g/mol. The van der Waals surface area contributed by atoms with Gasteiger partial charge in [0.1, 0.15) is 17.2 Å². The molecule has 0 spiro atoms. The predicted octanol–water partition coefficient (Wildman–Crippen LogP) is 7.70. The van der Waals surface area contributed by atoms with Crippen molar-refractivity contribution in [3.05, 3.63) is 52.0 Å². The van der Waals surface area contributed by atoms with E-state index >= 15 is 0 Å². The van der Waals surface area contributed by atoms with Crippen molar-refractivity contribution in [1.82, 2.24) is 9.97 Å². The molecule has 1 heterocycles. The molecule has 4 nitrogen and oxygen atoms in total. The van der Waals surface area contributed by atoms with Gasteiger partial charge in [-0.1, -0.05) is 49.0 Å². The van der Waals surface area contributed by atoms with Gasteiger partial charge < -0.3 is 9.47 Å². The van der Waals surface area contributed by atoms with Gasteiger partial charge in [0, 0.05) is 0 Å². The first-order valence-electron chi connectivity index (χ1n) is 10.8. The minimum Gasteiger partial charge on any atom is -0.483 e. The van der Waals surface area contributed by atoms with E-state index in [9.17, 15) is 0 Å². The number of benzene rings is 2. The number of hydrogen-bond donors (Lipinski definition) is 0. The third kappa shape index (κ3) is 5.17. The standard InChI is InChI=1S/C25H29BrN2O2S/c1-6-31-24-27-21-19(23(28-24)30-25(3,4)5)14-18(17-12-13-17)20(26)22(21)29-15(2)16-10-8-7-9-11-16/h7-11,14-15,17H,6,12-13H2,1-5H3. The molecule has 1 fully saturated rings. The Hall–Kier alpha value is -1.79. The molecule has 0 saturated heterocycles. The number of halogens is 1. The molecule has 2 aromatic carbocycles. The molecule has 1 aromatic heterocycles. The van der Waals surface area contributed by atoms with Crippen LogP contribution in [0.25, 0.3) is 10.9 Å². The molecule has 0 amide bonds. The highest BCUT2D eigenvalue weighted by Gasteiger charge is 2.31. The number of thioether (sulfide) groups is 1. The molecular formula is C25H29BrN2O2S. The van der Waals surface area contributed by atoms with Gasteiger partial charge in [-0.25, -0.2) is 4.98 Å². The lowest BCUT2D eigenvalue weighted by atomic mass is 10.1. The largest absolute Gasteiger partial charge is 0.483 e. The van der Waals surface area contributed by atoms with Gasteiger partial charge in [0.15, 0.2) is 10.9 Å². The fourth-order valence-corrected chi connectivity index (χ4v) is 4.80. The Morgan fingerprint density at radius 1 is 1.16 bits per heavy atom. The number of hydrogen-bond acceptors (Lipinski definition) is 5. The summed E-state index contributed by atoms with van der Waals surface area (Å²) >= 11 is 5.47. The topological polar surface area (TPSA) is 44.2 Å². The molecule has 1 unspecified atom stereocenters. The van der Waals surface area contributed by atoms with Crippen LogP contribution in [0.5, 0.6) is 11.6 Å². The van der Waals surface area contributed by atoms with E-state index in [0.717, 1.165) is 32.4 Å². The SMILES string of the molecule is CCSc1nc(OC(C)(C)C)c2cc(C3CC3)c(Br)c(OC(C)c3ccccc3)c2n1. The lowest BCUT2D eigenvalue weighted by Gasteiger charge is -2.24. The third-order valence-electron chi connectivity index (χ3n) is 5.11. The van der Waals surface area contributed by atoms with Crippen molar-refractivity contribution in [2.24, 2.45) is 0 Å². The normalized spacial score (nSPS) is 15.2. The number of aromatic nitrogens is 2.